The zero-order valence-corrected chi connectivity index (χ0v) is 16.4. The first-order chi connectivity index (χ1) is 13.6. The summed E-state index contributed by atoms with van der Waals surface area (Å²) in [6, 6.07) is 0.0497. The van der Waals surface area contributed by atoms with Gasteiger partial charge in [0.1, 0.15) is 4.83 Å². The van der Waals surface area contributed by atoms with Gasteiger partial charge in [-0.3, -0.25) is 4.79 Å². The van der Waals surface area contributed by atoms with Crippen LogP contribution in [0.15, 0.2) is 42.1 Å². The zero-order valence-electron chi connectivity index (χ0n) is 15.6. The van der Waals surface area contributed by atoms with Gasteiger partial charge < -0.3 is 15.4 Å². The number of nitrogens with one attached hydrogen (secondary N) is 2. The van der Waals surface area contributed by atoms with Crippen molar-refractivity contribution in [2.75, 3.05) is 6.61 Å². The topological polar surface area (TPSA) is 85.5 Å². The summed E-state index contributed by atoms with van der Waals surface area (Å²) in [4.78, 5) is 14.7. The third-order valence-corrected chi connectivity index (χ3v) is 6.06. The number of ether oxygens (including phenoxy) is 1. The average Bonchev–Trinajstić information content (AvgIpc) is 3.37. The Hall–Kier alpha value is -3.07. The van der Waals surface area contributed by atoms with Gasteiger partial charge in [0.05, 0.1) is 41.0 Å². The maximum absolute atomic E-state index is 12.9. The number of hydrogen-bond acceptors (Lipinski definition) is 6. The highest BCUT2D eigenvalue weighted by atomic mass is 32.1. The van der Waals surface area contributed by atoms with Crippen molar-refractivity contribution in [2.45, 2.75) is 32.9 Å². The number of thiazole rings is 1. The molecule has 0 saturated carbocycles. The average molecular weight is 396 g/mol. The minimum absolute atomic E-state index is 0.0497. The lowest BCUT2D eigenvalue weighted by Gasteiger charge is -2.21. The first-order valence-corrected chi connectivity index (χ1v) is 10.0. The van der Waals surface area contributed by atoms with Gasteiger partial charge in [-0.15, -0.1) is 11.3 Å². The molecule has 3 aromatic heterocycles. The number of amides is 1. The van der Waals surface area contributed by atoms with E-state index >= 15 is 0 Å². The molecule has 0 saturated heterocycles. The van der Waals surface area contributed by atoms with E-state index in [0.29, 0.717) is 12.2 Å². The van der Waals surface area contributed by atoms with E-state index in [4.69, 9.17) is 4.74 Å². The lowest BCUT2D eigenvalue weighted by Crippen LogP contribution is -2.36. The van der Waals surface area contributed by atoms with Crippen molar-refractivity contribution in [3.05, 3.63) is 47.7 Å². The smallest absolute Gasteiger partial charge is 0.260 e. The summed E-state index contributed by atoms with van der Waals surface area (Å²) in [5.74, 6) is 0.627. The molecule has 0 radical (unpaired) electrons. The molecule has 144 valence electrons. The summed E-state index contributed by atoms with van der Waals surface area (Å²) in [6.07, 6.45) is 10.2. The Kier molecular flexibility index (Phi) is 3.97. The first-order valence-electron chi connectivity index (χ1n) is 9.22. The van der Waals surface area contributed by atoms with Gasteiger partial charge in [-0.05, 0) is 31.7 Å². The Bertz CT molecular complexity index is 1130. The van der Waals surface area contributed by atoms with E-state index in [1.54, 1.807) is 10.7 Å². The Morgan fingerprint density at radius 2 is 2.29 bits per heavy atom. The predicted molar refractivity (Wildman–Crippen MR) is 106 cm³/mol. The van der Waals surface area contributed by atoms with Crippen LogP contribution in [0.3, 0.4) is 0 Å². The van der Waals surface area contributed by atoms with Gasteiger partial charge in [-0.25, -0.2) is 9.20 Å². The predicted octanol–water partition coefficient (Wildman–Crippen LogP) is 2.55. The molecular weight excluding hydrogens is 376 g/mol. The Morgan fingerprint density at radius 1 is 1.39 bits per heavy atom. The van der Waals surface area contributed by atoms with E-state index in [9.17, 15) is 4.79 Å². The van der Waals surface area contributed by atoms with Crippen LogP contribution in [-0.4, -0.2) is 38.0 Å². The van der Waals surface area contributed by atoms with Crippen LogP contribution in [0.1, 0.15) is 30.6 Å². The van der Waals surface area contributed by atoms with Crippen molar-refractivity contribution in [3.63, 3.8) is 0 Å². The second kappa shape index (κ2) is 6.52. The van der Waals surface area contributed by atoms with Gasteiger partial charge >= 0.3 is 0 Å². The van der Waals surface area contributed by atoms with Crippen LogP contribution >= 0.6 is 11.3 Å². The van der Waals surface area contributed by atoms with Crippen molar-refractivity contribution >= 4 is 22.1 Å². The number of nitrogens with zero attached hydrogens (tertiary/aromatic N) is 4. The molecule has 28 heavy (non-hydrogen) atoms. The molecular formula is C19H20N6O2S. The van der Waals surface area contributed by atoms with Crippen molar-refractivity contribution in [1.82, 2.24) is 30.0 Å². The van der Waals surface area contributed by atoms with Crippen LogP contribution in [-0.2, 0) is 6.54 Å². The van der Waals surface area contributed by atoms with E-state index in [2.05, 4.69) is 20.8 Å². The molecule has 1 unspecified atom stereocenters. The number of aryl methyl sites for hydroxylation is 1. The highest BCUT2D eigenvalue weighted by Crippen LogP contribution is 2.37. The number of carbonyl (C=O) groups is 1. The monoisotopic (exact) mass is 396 g/mol. The largest absolute Gasteiger partial charge is 0.477 e. The summed E-state index contributed by atoms with van der Waals surface area (Å²) in [5, 5.41) is 15.0. The number of dihydropyridines is 1. The first kappa shape index (κ1) is 17.1. The van der Waals surface area contributed by atoms with Crippen LogP contribution in [0.25, 0.3) is 15.3 Å². The van der Waals surface area contributed by atoms with Crippen LogP contribution in [0.2, 0.25) is 0 Å². The van der Waals surface area contributed by atoms with Gasteiger partial charge in [-0.2, -0.15) is 10.2 Å². The number of carbonyl (C=O) groups excluding carboxylic acids is 1. The van der Waals surface area contributed by atoms with Gasteiger partial charge in [0.15, 0.2) is 0 Å². The summed E-state index contributed by atoms with van der Waals surface area (Å²) in [6.45, 7) is 5.56. The van der Waals surface area contributed by atoms with Crippen molar-refractivity contribution < 1.29 is 9.53 Å². The van der Waals surface area contributed by atoms with E-state index in [0.717, 1.165) is 45.4 Å². The summed E-state index contributed by atoms with van der Waals surface area (Å²) < 4.78 is 9.42. The third kappa shape index (κ3) is 2.78. The number of hydrogen-bond donors (Lipinski definition) is 2. The summed E-state index contributed by atoms with van der Waals surface area (Å²) >= 11 is 1.51. The highest BCUT2D eigenvalue weighted by Gasteiger charge is 2.23. The highest BCUT2D eigenvalue weighted by molar-refractivity contribution is 7.21. The molecule has 9 heteroatoms. The molecule has 0 aliphatic carbocycles. The molecule has 0 fully saturated rings. The van der Waals surface area contributed by atoms with Crippen molar-refractivity contribution in [2.24, 2.45) is 0 Å². The third-order valence-electron chi connectivity index (χ3n) is 4.92. The summed E-state index contributed by atoms with van der Waals surface area (Å²) in [7, 11) is 0. The van der Waals surface area contributed by atoms with E-state index in [-0.39, 0.29) is 11.9 Å². The standard InChI is InChI=1S/C19H20N6O2S/c1-11-6-15(12(2)20-7-11)23-17(26)14-9-22-25-10-16(28-19(14)25)13-8-21-24-4-3-5-27-18(13)24/h6-10,12,20H,3-5H2,1-2H3,(H,23,26). The fraction of sp³-hybridized carbons (Fsp3) is 0.316. The fourth-order valence-electron chi connectivity index (χ4n) is 3.41. The van der Waals surface area contributed by atoms with Crippen LogP contribution in [0, 0.1) is 0 Å². The van der Waals surface area contributed by atoms with E-state index in [1.165, 1.54) is 11.3 Å². The SMILES string of the molecule is CC1=CNC(C)C(NC(=O)c2cnn3cc(-c4cnn5c4OCCC5)sc23)=C1. The minimum atomic E-state index is -0.161. The number of rotatable bonds is 3. The molecule has 5 rings (SSSR count). The molecule has 0 aromatic carbocycles. The Balaban J connectivity index is 1.46. The van der Waals surface area contributed by atoms with Gasteiger partial charge in [0.25, 0.3) is 5.91 Å². The molecule has 0 bridgehead atoms. The molecule has 8 nitrogen and oxygen atoms in total. The lowest BCUT2D eigenvalue weighted by atomic mass is 10.1. The summed E-state index contributed by atoms with van der Waals surface area (Å²) in [5.41, 5.74) is 3.41. The second-order valence-corrected chi connectivity index (χ2v) is 8.05. The van der Waals surface area contributed by atoms with Gasteiger partial charge in [0, 0.05) is 24.9 Å². The molecule has 3 aromatic rings. The molecule has 2 N–H and O–H groups in total. The molecule has 2 aliphatic heterocycles. The molecule has 5 heterocycles. The van der Waals surface area contributed by atoms with Crippen molar-refractivity contribution in [1.29, 1.82) is 0 Å². The Morgan fingerprint density at radius 3 is 3.18 bits per heavy atom. The lowest BCUT2D eigenvalue weighted by molar-refractivity contribution is 0.0965. The second-order valence-electron chi connectivity index (χ2n) is 7.02. The van der Waals surface area contributed by atoms with Crippen LogP contribution in [0.5, 0.6) is 5.88 Å². The fourth-order valence-corrected chi connectivity index (χ4v) is 4.46. The molecule has 0 spiro atoms. The maximum Gasteiger partial charge on any atom is 0.260 e. The van der Waals surface area contributed by atoms with Crippen LogP contribution < -0.4 is 15.4 Å². The normalized spacial score (nSPS) is 18.7. The molecule has 1 amide bonds. The van der Waals surface area contributed by atoms with Gasteiger partial charge in [0.2, 0.25) is 5.88 Å². The number of fused-ring (bicyclic) bond motifs is 2. The zero-order chi connectivity index (χ0) is 19.3. The quantitative estimate of drug-likeness (QED) is 0.711. The maximum atomic E-state index is 12.9. The number of allylic oxidation sites excluding steroid dienone is 2. The van der Waals surface area contributed by atoms with E-state index < -0.39 is 0 Å². The van der Waals surface area contributed by atoms with Crippen molar-refractivity contribution in [3.8, 4) is 16.3 Å². The Labute approximate surface area is 165 Å². The van der Waals surface area contributed by atoms with Gasteiger partial charge in [-0.1, -0.05) is 0 Å². The minimum Gasteiger partial charge on any atom is -0.477 e. The number of aromatic nitrogens is 4. The van der Waals surface area contributed by atoms with E-state index in [1.807, 2.05) is 43.2 Å². The molecule has 2 aliphatic rings. The van der Waals surface area contributed by atoms with Crippen LogP contribution in [0.4, 0.5) is 0 Å². The molecule has 1 atom stereocenters.